The third-order valence-electron chi connectivity index (χ3n) is 3.59. The Morgan fingerprint density at radius 3 is 2.71 bits per heavy atom. The standard InChI is InChI=1S/C13H23NO3/c1-3-5-6-10(4-2)8-14-9-11(13(16)17)7-12(14)15/h10-11H,3-9H2,1-2H3,(H,16,17)/t10-,11-/m1/s1. The summed E-state index contributed by atoms with van der Waals surface area (Å²) in [6.07, 6.45) is 4.72. The van der Waals surface area contributed by atoms with Crippen LogP contribution < -0.4 is 0 Å². The molecule has 0 unspecified atom stereocenters. The first-order valence-electron chi connectivity index (χ1n) is 6.59. The Bertz CT molecular complexity index is 278. The van der Waals surface area contributed by atoms with Gasteiger partial charge >= 0.3 is 5.97 Å². The van der Waals surface area contributed by atoms with Crippen LogP contribution >= 0.6 is 0 Å². The van der Waals surface area contributed by atoms with Gasteiger partial charge < -0.3 is 10.0 Å². The van der Waals surface area contributed by atoms with Gasteiger partial charge in [0.2, 0.25) is 5.91 Å². The summed E-state index contributed by atoms with van der Waals surface area (Å²) in [6.45, 7) is 5.43. The summed E-state index contributed by atoms with van der Waals surface area (Å²) in [6, 6.07) is 0. The molecule has 0 spiro atoms. The maximum atomic E-state index is 11.7. The quantitative estimate of drug-likeness (QED) is 0.743. The molecule has 1 aliphatic heterocycles. The number of hydrogen-bond donors (Lipinski definition) is 1. The molecule has 2 atom stereocenters. The molecule has 1 saturated heterocycles. The largest absolute Gasteiger partial charge is 0.481 e. The fraction of sp³-hybridized carbons (Fsp3) is 0.846. The molecule has 1 heterocycles. The highest BCUT2D eigenvalue weighted by atomic mass is 16.4. The number of hydrogen-bond acceptors (Lipinski definition) is 2. The van der Waals surface area contributed by atoms with Crippen LogP contribution in [0.1, 0.15) is 46.0 Å². The molecule has 1 rings (SSSR count). The molecular weight excluding hydrogens is 218 g/mol. The van der Waals surface area contributed by atoms with Crippen LogP contribution in [0.25, 0.3) is 0 Å². The molecule has 0 radical (unpaired) electrons. The number of carbonyl (C=O) groups excluding carboxylic acids is 1. The van der Waals surface area contributed by atoms with Gasteiger partial charge in [-0.15, -0.1) is 0 Å². The lowest BCUT2D eigenvalue weighted by Crippen LogP contribution is -2.31. The summed E-state index contributed by atoms with van der Waals surface area (Å²) in [4.78, 5) is 24.3. The Kier molecular flexibility index (Phi) is 5.45. The van der Waals surface area contributed by atoms with E-state index in [0.717, 1.165) is 19.4 Å². The fourth-order valence-corrected chi connectivity index (χ4v) is 2.34. The molecule has 0 aromatic rings. The van der Waals surface area contributed by atoms with Crippen molar-refractivity contribution in [2.24, 2.45) is 11.8 Å². The van der Waals surface area contributed by atoms with E-state index in [1.165, 1.54) is 12.8 Å². The van der Waals surface area contributed by atoms with Gasteiger partial charge in [-0.1, -0.05) is 33.1 Å². The number of likely N-dealkylation sites (tertiary alicyclic amines) is 1. The zero-order valence-electron chi connectivity index (χ0n) is 10.8. The number of carbonyl (C=O) groups is 2. The lowest BCUT2D eigenvalue weighted by atomic mass is 9.99. The summed E-state index contributed by atoms with van der Waals surface area (Å²) in [7, 11) is 0. The summed E-state index contributed by atoms with van der Waals surface area (Å²) in [5.74, 6) is -0.813. The predicted molar refractivity (Wildman–Crippen MR) is 65.6 cm³/mol. The zero-order valence-corrected chi connectivity index (χ0v) is 10.8. The normalized spacial score (nSPS) is 21.9. The highest BCUT2D eigenvalue weighted by Crippen LogP contribution is 2.22. The monoisotopic (exact) mass is 241 g/mol. The second-order valence-corrected chi connectivity index (χ2v) is 4.95. The molecular formula is C13H23NO3. The molecule has 1 amide bonds. The van der Waals surface area contributed by atoms with Gasteiger partial charge in [0.15, 0.2) is 0 Å². The van der Waals surface area contributed by atoms with Crippen LogP contribution in [-0.4, -0.2) is 35.0 Å². The second-order valence-electron chi connectivity index (χ2n) is 4.95. The van der Waals surface area contributed by atoms with E-state index >= 15 is 0 Å². The first-order valence-corrected chi connectivity index (χ1v) is 6.59. The van der Waals surface area contributed by atoms with Gasteiger partial charge in [-0.05, 0) is 12.3 Å². The van der Waals surface area contributed by atoms with Gasteiger partial charge in [-0.2, -0.15) is 0 Å². The summed E-state index contributed by atoms with van der Waals surface area (Å²) in [5.41, 5.74) is 0. The van der Waals surface area contributed by atoms with Gasteiger partial charge in [0.25, 0.3) is 0 Å². The molecule has 0 aromatic heterocycles. The van der Waals surface area contributed by atoms with Crippen molar-refractivity contribution in [2.45, 2.75) is 46.0 Å². The first kappa shape index (κ1) is 14.0. The maximum Gasteiger partial charge on any atom is 0.308 e. The Balaban J connectivity index is 2.44. The van der Waals surface area contributed by atoms with E-state index in [1.807, 2.05) is 0 Å². The maximum absolute atomic E-state index is 11.7. The van der Waals surface area contributed by atoms with Crippen LogP contribution in [0, 0.1) is 11.8 Å². The molecule has 0 saturated carbocycles. The van der Waals surface area contributed by atoms with E-state index in [1.54, 1.807) is 4.90 Å². The van der Waals surface area contributed by atoms with Crippen molar-refractivity contribution < 1.29 is 14.7 Å². The van der Waals surface area contributed by atoms with Crippen molar-refractivity contribution in [3.63, 3.8) is 0 Å². The molecule has 4 nitrogen and oxygen atoms in total. The number of amides is 1. The molecule has 98 valence electrons. The van der Waals surface area contributed by atoms with Crippen molar-refractivity contribution in [3.8, 4) is 0 Å². The van der Waals surface area contributed by atoms with Gasteiger partial charge in [0.1, 0.15) is 0 Å². The molecule has 0 aliphatic carbocycles. The topological polar surface area (TPSA) is 57.6 Å². The summed E-state index contributed by atoms with van der Waals surface area (Å²) >= 11 is 0. The fourth-order valence-electron chi connectivity index (χ4n) is 2.34. The molecule has 1 fully saturated rings. The molecule has 4 heteroatoms. The van der Waals surface area contributed by atoms with Crippen molar-refractivity contribution in [3.05, 3.63) is 0 Å². The van der Waals surface area contributed by atoms with Crippen LogP contribution in [0.5, 0.6) is 0 Å². The average molecular weight is 241 g/mol. The second kappa shape index (κ2) is 6.62. The number of carboxylic acids is 1. The van der Waals surface area contributed by atoms with Crippen LogP contribution in [0.3, 0.4) is 0 Å². The molecule has 0 aromatic carbocycles. The molecule has 17 heavy (non-hydrogen) atoms. The predicted octanol–water partition coefficient (Wildman–Crippen LogP) is 2.14. The highest BCUT2D eigenvalue weighted by Gasteiger charge is 2.34. The van der Waals surface area contributed by atoms with E-state index < -0.39 is 11.9 Å². The number of aliphatic carboxylic acids is 1. The average Bonchev–Trinajstić information content (AvgIpc) is 2.66. The Labute approximate surface area is 103 Å². The van der Waals surface area contributed by atoms with Crippen LogP contribution in [-0.2, 0) is 9.59 Å². The third kappa shape index (κ3) is 4.02. The van der Waals surface area contributed by atoms with E-state index in [0.29, 0.717) is 12.5 Å². The van der Waals surface area contributed by atoms with Crippen molar-refractivity contribution in [1.29, 1.82) is 0 Å². The minimum atomic E-state index is -0.845. The van der Waals surface area contributed by atoms with Gasteiger partial charge in [-0.25, -0.2) is 0 Å². The van der Waals surface area contributed by atoms with Gasteiger partial charge in [0, 0.05) is 19.5 Å². The zero-order chi connectivity index (χ0) is 12.8. The number of unbranched alkanes of at least 4 members (excludes halogenated alkanes) is 1. The number of nitrogens with zero attached hydrogens (tertiary/aromatic N) is 1. The lowest BCUT2D eigenvalue weighted by molar-refractivity contribution is -0.141. The Hall–Kier alpha value is -1.06. The SMILES string of the molecule is CCCC[C@@H](CC)CN1C[C@H](C(=O)O)CC1=O. The first-order chi connectivity index (χ1) is 8.08. The Morgan fingerprint density at radius 1 is 1.53 bits per heavy atom. The van der Waals surface area contributed by atoms with E-state index in [9.17, 15) is 9.59 Å². The molecule has 0 bridgehead atoms. The number of carboxylic acid groups (broad SMARTS) is 1. The minimum absolute atomic E-state index is 0.00680. The van der Waals surface area contributed by atoms with Crippen LogP contribution in [0.4, 0.5) is 0 Å². The van der Waals surface area contributed by atoms with Crippen LogP contribution in [0.2, 0.25) is 0 Å². The van der Waals surface area contributed by atoms with Crippen molar-refractivity contribution in [1.82, 2.24) is 4.90 Å². The lowest BCUT2D eigenvalue weighted by Gasteiger charge is -2.22. The highest BCUT2D eigenvalue weighted by molar-refractivity contribution is 5.86. The number of rotatable bonds is 7. The van der Waals surface area contributed by atoms with Gasteiger partial charge in [-0.3, -0.25) is 9.59 Å². The summed E-state index contributed by atoms with van der Waals surface area (Å²) in [5, 5.41) is 8.90. The van der Waals surface area contributed by atoms with Crippen LogP contribution in [0.15, 0.2) is 0 Å². The third-order valence-corrected chi connectivity index (χ3v) is 3.59. The van der Waals surface area contributed by atoms with Gasteiger partial charge in [0.05, 0.1) is 5.92 Å². The minimum Gasteiger partial charge on any atom is -0.481 e. The summed E-state index contributed by atoms with van der Waals surface area (Å²) < 4.78 is 0. The molecule has 1 aliphatic rings. The van der Waals surface area contributed by atoms with Crippen molar-refractivity contribution in [2.75, 3.05) is 13.1 Å². The molecule has 1 N–H and O–H groups in total. The van der Waals surface area contributed by atoms with Crippen molar-refractivity contribution >= 4 is 11.9 Å². The Morgan fingerprint density at radius 2 is 2.24 bits per heavy atom. The van der Waals surface area contributed by atoms with E-state index in [-0.39, 0.29) is 12.3 Å². The van der Waals surface area contributed by atoms with E-state index in [2.05, 4.69) is 13.8 Å². The smallest absolute Gasteiger partial charge is 0.308 e. The van der Waals surface area contributed by atoms with E-state index in [4.69, 9.17) is 5.11 Å².